The van der Waals surface area contributed by atoms with Crippen molar-refractivity contribution in [1.29, 1.82) is 0 Å². The minimum absolute atomic E-state index is 0.0489. The van der Waals surface area contributed by atoms with E-state index in [9.17, 15) is 4.79 Å². The molecule has 0 radical (unpaired) electrons. The van der Waals surface area contributed by atoms with Crippen LogP contribution in [0.5, 0.6) is 5.75 Å². The molecule has 0 aliphatic carbocycles. The van der Waals surface area contributed by atoms with Gasteiger partial charge in [-0.3, -0.25) is 9.69 Å². The predicted molar refractivity (Wildman–Crippen MR) is 98.9 cm³/mol. The van der Waals surface area contributed by atoms with Crippen molar-refractivity contribution in [3.8, 4) is 5.75 Å². The summed E-state index contributed by atoms with van der Waals surface area (Å²) in [6.45, 7) is 4.89. The maximum Gasteiger partial charge on any atom is 0.238 e. The van der Waals surface area contributed by atoms with Gasteiger partial charge in [-0.15, -0.1) is 0 Å². The van der Waals surface area contributed by atoms with Gasteiger partial charge >= 0.3 is 0 Å². The Hall–Kier alpha value is -2.04. The molecule has 0 unspecified atom stereocenters. The molecule has 24 heavy (non-hydrogen) atoms. The average Bonchev–Trinajstić information content (AvgIpc) is 2.52. The van der Waals surface area contributed by atoms with Gasteiger partial charge in [0.15, 0.2) is 0 Å². The van der Waals surface area contributed by atoms with E-state index in [-0.39, 0.29) is 12.5 Å². The summed E-state index contributed by atoms with van der Waals surface area (Å²) in [5.41, 5.74) is 4.05. The molecule has 0 atom stereocenters. The van der Waals surface area contributed by atoms with E-state index in [4.69, 9.17) is 16.3 Å². The first-order chi connectivity index (χ1) is 11.4. The first-order valence-electron chi connectivity index (χ1n) is 7.77. The largest absolute Gasteiger partial charge is 0.496 e. The van der Waals surface area contributed by atoms with E-state index in [1.54, 1.807) is 13.2 Å². The summed E-state index contributed by atoms with van der Waals surface area (Å²) in [4.78, 5) is 14.2. The number of anilines is 1. The number of ether oxygens (including phenoxy) is 1. The highest BCUT2D eigenvalue weighted by Gasteiger charge is 2.12. The zero-order valence-corrected chi connectivity index (χ0v) is 15.3. The molecule has 1 N–H and O–H groups in total. The molecule has 4 nitrogen and oxygen atoms in total. The number of benzene rings is 2. The Bertz CT molecular complexity index is 731. The lowest BCUT2D eigenvalue weighted by Gasteiger charge is -2.19. The molecule has 0 spiro atoms. The number of likely N-dealkylation sites (N-methyl/N-ethyl adjacent to an activating group) is 1. The number of nitrogens with zero attached hydrogens (tertiary/aromatic N) is 1. The van der Waals surface area contributed by atoms with Crippen molar-refractivity contribution in [2.75, 3.05) is 26.0 Å². The zero-order chi connectivity index (χ0) is 17.7. The summed E-state index contributed by atoms with van der Waals surface area (Å²) in [6.07, 6.45) is 0. The second-order valence-corrected chi connectivity index (χ2v) is 6.36. The fraction of sp³-hybridized carbons (Fsp3) is 0.316. The van der Waals surface area contributed by atoms with Gasteiger partial charge in [-0.25, -0.2) is 0 Å². The van der Waals surface area contributed by atoms with Crippen molar-refractivity contribution < 1.29 is 9.53 Å². The lowest BCUT2D eigenvalue weighted by atomic mass is 10.1. The van der Waals surface area contributed by atoms with Crippen LogP contribution in [-0.2, 0) is 11.3 Å². The second kappa shape index (κ2) is 8.18. The summed E-state index contributed by atoms with van der Waals surface area (Å²) in [6, 6.07) is 11.4. The number of hydrogen-bond acceptors (Lipinski definition) is 3. The molecule has 0 saturated heterocycles. The van der Waals surface area contributed by atoms with E-state index in [1.807, 2.05) is 56.1 Å². The summed E-state index contributed by atoms with van der Waals surface area (Å²) >= 11 is 6.05. The number of amides is 1. The quantitative estimate of drug-likeness (QED) is 0.858. The van der Waals surface area contributed by atoms with Crippen LogP contribution >= 0.6 is 11.6 Å². The first-order valence-corrected chi connectivity index (χ1v) is 8.15. The normalized spacial score (nSPS) is 10.8. The highest BCUT2D eigenvalue weighted by Crippen LogP contribution is 2.24. The van der Waals surface area contributed by atoms with E-state index in [0.29, 0.717) is 11.6 Å². The van der Waals surface area contributed by atoms with Crippen LogP contribution in [0, 0.1) is 13.8 Å². The topological polar surface area (TPSA) is 41.6 Å². The van der Waals surface area contributed by atoms with E-state index < -0.39 is 0 Å². The number of methoxy groups -OCH3 is 1. The molecule has 5 heteroatoms. The maximum absolute atomic E-state index is 12.3. The molecular weight excluding hydrogens is 324 g/mol. The number of nitrogens with one attached hydrogen (secondary N) is 1. The number of rotatable bonds is 6. The molecule has 0 bridgehead atoms. The number of carbonyl (C=O) groups is 1. The van der Waals surface area contributed by atoms with Crippen LogP contribution < -0.4 is 10.1 Å². The Kier molecular flexibility index (Phi) is 6.23. The van der Waals surface area contributed by atoms with Crippen molar-refractivity contribution in [1.82, 2.24) is 4.90 Å². The van der Waals surface area contributed by atoms with Gasteiger partial charge in [0.2, 0.25) is 5.91 Å². The predicted octanol–water partition coefficient (Wildman–Crippen LogP) is 4.04. The molecule has 0 heterocycles. The molecule has 2 aromatic rings. The van der Waals surface area contributed by atoms with E-state index in [2.05, 4.69) is 5.32 Å². The summed E-state index contributed by atoms with van der Waals surface area (Å²) in [5, 5.41) is 3.62. The molecule has 0 saturated carbocycles. The van der Waals surface area contributed by atoms with Crippen LogP contribution in [0.3, 0.4) is 0 Å². The van der Waals surface area contributed by atoms with Crippen molar-refractivity contribution in [2.24, 2.45) is 0 Å². The van der Waals surface area contributed by atoms with Gasteiger partial charge in [0.25, 0.3) is 0 Å². The van der Waals surface area contributed by atoms with Gasteiger partial charge in [0, 0.05) is 22.8 Å². The van der Waals surface area contributed by atoms with E-state index in [1.165, 1.54) is 0 Å². The molecule has 2 aromatic carbocycles. The van der Waals surface area contributed by atoms with Crippen molar-refractivity contribution >= 4 is 23.2 Å². The van der Waals surface area contributed by atoms with Gasteiger partial charge < -0.3 is 10.1 Å². The van der Waals surface area contributed by atoms with Crippen LogP contribution in [0.15, 0.2) is 36.4 Å². The SMILES string of the molecule is COc1ccc(Cl)cc1CN(C)CC(=O)Nc1cccc(C)c1C. The third-order valence-corrected chi connectivity index (χ3v) is 4.21. The fourth-order valence-electron chi connectivity index (χ4n) is 2.54. The van der Waals surface area contributed by atoms with Gasteiger partial charge in [-0.1, -0.05) is 23.7 Å². The van der Waals surface area contributed by atoms with Crippen LogP contribution in [0.25, 0.3) is 0 Å². The van der Waals surface area contributed by atoms with Crippen molar-refractivity contribution in [3.63, 3.8) is 0 Å². The Morgan fingerprint density at radius 1 is 1.25 bits per heavy atom. The summed E-state index contributed by atoms with van der Waals surface area (Å²) in [7, 11) is 3.52. The number of aryl methyl sites for hydroxylation is 1. The smallest absolute Gasteiger partial charge is 0.238 e. The highest BCUT2D eigenvalue weighted by molar-refractivity contribution is 6.30. The second-order valence-electron chi connectivity index (χ2n) is 5.92. The molecule has 128 valence electrons. The number of halogens is 1. The molecule has 0 fully saturated rings. The minimum Gasteiger partial charge on any atom is -0.496 e. The lowest BCUT2D eigenvalue weighted by molar-refractivity contribution is -0.117. The Balaban J connectivity index is 1.99. The average molecular weight is 347 g/mol. The van der Waals surface area contributed by atoms with E-state index >= 15 is 0 Å². The Labute approximate surface area is 148 Å². The minimum atomic E-state index is -0.0489. The standard InChI is InChI=1S/C19H23ClN2O2/c1-13-6-5-7-17(14(13)2)21-19(23)12-22(3)11-15-10-16(20)8-9-18(15)24-4/h5-10H,11-12H2,1-4H3,(H,21,23). The molecule has 0 aliphatic heterocycles. The molecular formula is C19H23ClN2O2. The molecule has 2 rings (SSSR count). The summed E-state index contributed by atoms with van der Waals surface area (Å²) in [5.74, 6) is 0.716. The Morgan fingerprint density at radius 2 is 2.00 bits per heavy atom. The molecule has 0 aliphatic rings. The third kappa shape index (κ3) is 4.73. The lowest BCUT2D eigenvalue weighted by Crippen LogP contribution is -2.30. The molecule has 1 amide bonds. The van der Waals surface area contributed by atoms with Crippen LogP contribution in [-0.4, -0.2) is 31.5 Å². The van der Waals surface area contributed by atoms with Crippen molar-refractivity contribution in [3.05, 3.63) is 58.1 Å². The van der Waals surface area contributed by atoms with Gasteiger partial charge in [-0.2, -0.15) is 0 Å². The summed E-state index contributed by atoms with van der Waals surface area (Å²) < 4.78 is 5.34. The number of hydrogen-bond donors (Lipinski definition) is 1. The highest BCUT2D eigenvalue weighted by atomic mass is 35.5. The zero-order valence-electron chi connectivity index (χ0n) is 14.5. The van der Waals surface area contributed by atoms with Gasteiger partial charge in [0.1, 0.15) is 5.75 Å². The van der Waals surface area contributed by atoms with Gasteiger partial charge in [-0.05, 0) is 56.3 Å². The van der Waals surface area contributed by atoms with Crippen LogP contribution in [0.4, 0.5) is 5.69 Å². The first kappa shape index (κ1) is 18.3. The number of carbonyl (C=O) groups excluding carboxylic acids is 1. The maximum atomic E-state index is 12.3. The van der Waals surface area contributed by atoms with E-state index in [0.717, 1.165) is 28.1 Å². The van der Waals surface area contributed by atoms with Crippen LogP contribution in [0.1, 0.15) is 16.7 Å². The van der Waals surface area contributed by atoms with Gasteiger partial charge in [0.05, 0.1) is 13.7 Å². The fourth-order valence-corrected chi connectivity index (χ4v) is 2.73. The monoisotopic (exact) mass is 346 g/mol. The third-order valence-electron chi connectivity index (χ3n) is 3.97. The van der Waals surface area contributed by atoms with Crippen molar-refractivity contribution in [2.45, 2.75) is 20.4 Å². The molecule has 0 aromatic heterocycles. The van der Waals surface area contributed by atoms with Crippen LogP contribution in [0.2, 0.25) is 5.02 Å². The Morgan fingerprint density at radius 3 is 2.71 bits per heavy atom.